The number of thiophene rings is 1. The number of nitrogens with one attached hydrogen (secondary N) is 2. The van der Waals surface area contributed by atoms with E-state index >= 15 is 0 Å². The number of hydrogen-bond acceptors (Lipinski definition) is 5. The summed E-state index contributed by atoms with van der Waals surface area (Å²) < 4.78 is 0. The maximum Gasteiger partial charge on any atom is 0.225 e. The van der Waals surface area contributed by atoms with Gasteiger partial charge in [-0.25, -0.2) is 4.98 Å². The predicted molar refractivity (Wildman–Crippen MR) is 79.7 cm³/mol. The Morgan fingerprint density at radius 1 is 1.33 bits per heavy atom. The fourth-order valence-corrected chi connectivity index (χ4v) is 2.54. The first-order chi connectivity index (χ1) is 8.45. The maximum absolute atomic E-state index is 4.54. The number of rotatable bonds is 4. The van der Waals surface area contributed by atoms with E-state index < -0.39 is 0 Å². The number of hydrogen-bond donors (Lipinski definition) is 2. The van der Waals surface area contributed by atoms with Crippen molar-refractivity contribution in [1.82, 2.24) is 9.97 Å². The van der Waals surface area contributed by atoms with Gasteiger partial charge in [-0.1, -0.05) is 6.92 Å². The summed E-state index contributed by atoms with van der Waals surface area (Å²) in [7, 11) is 1.84. The molecule has 98 valence electrons. The van der Waals surface area contributed by atoms with Crippen molar-refractivity contribution < 1.29 is 0 Å². The van der Waals surface area contributed by atoms with Gasteiger partial charge in [0, 0.05) is 17.5 Å². The van der Waals surface area contributed by atoms with Gasteiger partial charge in [0.05, 0.1) is 5.39 Å². The minimum absolute atomic E-state index is 0.0299. The summed E-state index contributed by atoms with van der Waals surface area (Å²) in [4.78, 5) is 11.3. The quantitative estimate of drug-likeness (QED) is 0.885. The smallest absolute Gasteiger partial charge is 0.225 e. The Morgan fingerprint density at radius 2 is 2.06 bits per heavy atom. The zero-order valence-electron chi connectivity index (χ0n) is 11.6. The number of anilines is 2. The molecule has 5 heteroatoms. The molecule has 2 aromatic heterocycles. The van der Waals surface area contributed by atoms with Gasteiger partial charge in [-0.15, -0.1) is 11.3 Å². The molecule has 2 N–H and O–H groups in total. The van der Waals surface area contributed by atoms with Gasteiger partial charge in [-0.05, 0) is 33.3 Å². The zero-order valence-corrected chi connectivity index (χ0v) is 12.4. The first-order valence-electron chi connectivity index (χ1n) is 6.19. The van der Waals surface area contributed by atoms with Crippen LogP contribution in [0.3, 0.4) is 0 Å². The van der Waals surface area contributed by atoms with E-state index in [9.17, 15) is 0 Å². The highest BCUT2D eigenvalue weighted by Crippen LogP contribution is 2.31. The summed E-state index contributed by atoms with van der Waals surface area (Å²) in [6, 6.07) is 2.15. The lowest BCUT2D eigenvalue weighted by molar-refractivity contribution is 0.546. The van der Waals surface area contributed by atoms with Crippen LogP contribution in [0, 0.1) is 6.92 Å². The third-order valence-corrected chi connectivity index (χ3v) is 4.02. The first kappa shape index (κ1) is 13.1. The fraction of sp³-hybridized carbons (Fsp3) is 0.538. The van der Waals surface area contributed by atoms with Gasteiger partial charge in [-0.3, -0.25) is 0 Å². The van der Waals surface area contributed by atoms with E-state index in [2.05, 4.69) is 54.4 Å². The molecular formula is C13H20N4S. The van der Waals surface area contributed by atoms with E-state index in [0.29, 0.717) is 5.95 Å². The minimum Gasteiger partial charge on any atom is -0.364 e. The second kappa shape index (κ2) is 4.72. The van der Waals surface area contributed by atoms with E-state index in [0.717, 1.165) is 22.5 Å². The van der Waals surface area contributed by atoms with Gasteiger partial charge in [0.1, 0.15) is 10.6 Å². The third-order valence-electron chi connectivity index (χ3n) is 3.08. The van der Waals surface area contributed by atoms with E-state index in [-0.39, 0.29) is 5.54 Å². The molecule has 0 aliphatic rings. The lowest BCUT2D eigenvalue weighted by Gasteiger charge is -2.25. The molecule has 0 saturated heterocycles. The van der Waals surface area contributed by atoms with Gasteiger partial charge < -0.3 is 10.6 Å². The topological polar surface area (TPSA) is 49.8 Å². The van der Waals surface area contributed by atoms with Crippen molar-refractivity contribution in [3.63, 3.8) is 0 Å². The molecule has 18 heavy (non-hydrogen) atoms. The highest BCUT2D eigenvalue weighted by Gasteiger charge is 2.18. The van der Waals surface area contributed by atoms with Crippen molar-refractivity contribution in [2.75, 3.05) is 17.7 Å². The molecule has 2 aromatic rings. The predicted octanol–water partition coefficient (Wildman–Crippen LogP) is 3.64. The normalized spacial score (nSPS) is 11.8. The summed E-state index contributed by atoms with van der Waals surface area (Å²) in [6.07, 6.45) is 1.04. The monoisotopic (exact) mass is 264 g/mol. The van der Waals surface area contributed by atoms with Crippen LogP contribution in [0.5, 0.6) is 0 Å². The van der Waals surface area contributed by atoms with Crippen LogP contribution in [-0.4, -0.2) is 22.6 Å². The number of aryl methyl sites for hydroxylation is 1. The molecular weight excluding hydrogens is 244 g/mol. The fourth-order valence-electron chi connectivity index (χ4n) is 1.66. The number of fused-ring (bicyclic) bond motifs is 1. The van der Waals surface area contributed by atoms with Crippen LogP contribution in [-0.2, 0) is 0 Å². The van der Waals surface area contributed by atoms with Crippen molar-refractivity contribution >= 4 is 33.3 Å². The summed E-state index contributed by atoms with van der Waals surface area (Å²) >= 11 is 1.70. The Labute approximate surface area is 112 Å². The standard InChI is InChI=1S/C13H20N4S/c1-6-13(3,4)17-10-9-7-8(2)18-11(9)16-12(14-5)15-10/h7H,6H2,1-5H3,(H2,14,15,16,17). The molecule has 4 nitrogen and oxygen atoms in total. The van der Waals surface area contributed by atoms with Crippen molar-refractivity contribution in [3.8, 4) is 0 Å². The second-order valence-electron chi connectivity index (χ2n) is 5.08. The molecule has 0 radical (unpaired) electrons. The van der Waals surface area contributed by atoms with Crippen LogP contribution < -0.4 is 10.6 Å². The lowest BCUT2D eigenvalue weighted by atomic mass is 10.0. The summed E-state index contributed by atoms with van der Waals surface area (Å²) in [6.45, 7) is 8.63. The van der Waals surface area contributed by atoms with Gasteiger partial charge >= 0.3 is 0 Å². The molecule has 0 aromatic carbocycles. The van der Waals surface area contributed by atoms with E-state index in [1.54, 1.807) is 11.3 Å². The molecule has 0 saturated carbocycles. The summed E-state index contributed by atoms with van der Waals surface area (Å²) in [5.74, 6) is 1.58. The summed E-state index contributed by atoms with van der Waals surface area (Å²) in [5.41, 5.74) is 0.0299. The van der Waals surface area contributed by atoms with Crippen molar-refractivity contribution in [3.05, 3.63) is 10.9 Å². The molecule has 0 unspecified atom stereocenters. The molecule has 0 atom stereocenters. The van der Waals surface area contributed by atoms with E-state index in [4.69, 9.17) is 0 Å². The molecule has 2 rings (SSSR count). The minimum atomic E-state index is 0.0299. The average molecular weight is 264 g/mol. The van der Waals surface area contributed by atoms with Crippen LogP contribution in [0.2, 0.25) is 0 Å². The SMILES string of the molecule is CCC(C)(C)Nc1nc(NC)nc2sc(C)cc12. The van der Waals surface area contributed by atoms with Crippen molar-refractivity contribution in [1.29, 1.82) is 0 Å². The van der Waals surface area contributed by atoms with Gasteiger partial charge in [0.25, 0.3) is 0 Å². The van der Waals surface area contributed by atoms with Crippen molar-refractivity contribution in [2.45, 2.75) is 39.7 Å². The van der Waals surface area contributed by atoms with E-state index in [1.165, 1.54) is 4.88 Å². The molecule has 0 fully saturated rings. The Morgan fingerprint density at radius 3 is 2.67 bits per heavy atom. The molecule has 2 heterocycles. The highest BCUT2D eigenvalue weighted by atomic mass is 32.1. The van der Waals surface area contributed by atoms with Crippen LogP contribution >= 0.6 is 11.3 Å². The maximum atomic E-state index is 4.54. The molecule has 0 spiro atoms. The molecule has 0 aliphatic carbocycles. The van der Waals surface area contributed by atoms with Gasteiger partial charge in [0.15, 0.2) is 0 Å². The molecule has 0 bridgehead atoms. The van der Waals surface area contributed by atoms with Crippen LogP contribution in [0.25, 0.3) is 10.2 Å². The van der Waals surface area contributed by atoms with Gasteiger partial charge in [0.2, 0.25) is 5.95 Å². The lowest BCUT2D eigenvalue weighted by Crippen LogP contribution is -2.30. The number of nitrogens with zero attached hydrogens (tertiary/aromatic N) is 2. The Balaban J connectivity index is 2.53. The zero-order chi connectivity index (χ0) is 13.3. The Kier molecular flexibility index (Phi) is 3.43. The second-order valence-corrected chi connectivity index (χ2v) is 6.32. The molecule has 0 amide bonds. The largest absolute Gasteiger partial charge is 0.364 e. The van der Waals surface area contributed by atoms with Crippen LogP contribution in [0.1, 0.15) is 32.1 Å². The first-order valence-corrected chi connectivity index (χ1v) is 7.01. The van der Waals surface area contributed by atoms with Crippen molar-refractivity contribution in [2.24, 2.45) is 0 Å². The van der Waals surface area contributed by atoms with Gasteiger partial charge in [-0.2, -0.15) is 4.98 Å². The third kappa shape index (κ3) is 2.56. The van der Waals surface area contributed by atoms with Crippen LogP contribution in [0.15, 0.2) is 6.07 Å². The van der Waals surface area contributed by atoms with Crippen LogP contribution in [0.4, 0.5) is 11.8 Å². The molecule has 0 aliphatic heterocycles. The highest BCUT2D eigenvalue weighted by molar-refractivity contribution is 7.18. The average Bonchev–Trinajstić information content (AvgIpc) is 2.69. The number of aromatic nitrogens is 2. The summed E-state index contributed by atoms with van der Waals surface area (Å²) in [5, 5.41) is 7.64. The Bertz CT molecular complexity index is 559. The Hall–Kier alpha value is -1.36. The van der Waals surface area contributed by atoms with E-state index in [1.807, 2.05) is 7.05 Å².